The number of aromatic nitrogens is 1. The van der Waals surface area contributed by atoms with Gasteiger partial charge < -0.3 is 15.0 Å². The lowest BCUT2D eigenvalue weighted by molar-refractivity contribution is -0.120. The van der Waals surface area contributed by atoms with Crippen molar-refractivity contribution in [2.75, 3.05) is 30.5 Å². The van der Waals surface area contributed by atoms with Gasteiger partial charge in [0.25, 0.3) is 0 Å². The number of pyridine rings is 1. The molecule has 1 amide bonds. The largest absolute Gasteiger partial charge is 0.378 e. The molecule has 84 valence electrons. The molecule has 0 aliphatic carbocycles. The molecule has 0 bridgehead atoms. The van der Waals surface area contributed by atoms with Crippen molar-refractivity contribution in [1.29, 1.82) is 0 Å². The van der Waals surface area contributed by atoms with Gasteiger partial charge in [-0.05, 0) is 6.07 Å². The smallest absolute Gasteiger partial charge is 0.232 e. The van der Waals surface area contributed by atoms with Gasteiger partial charge in [0.15, 0.2) is 0 Å². The van der Waals surface area contributed by atoms with Crippen LogP contribution in [0.15, 0.2) is 18.5 Å². The van der Waals surface area contributed by atoms with Crippen molar-refractivity contribution in [2.24, 2.45) is 5.92 Å². The summed E-state index contributed by atoms with van der Waals surface area (Å²) in [6.07, 6.45) is 3.42. The minimum atomic E-state index is -0.0857. The van der Waals surface area contributed by atoms with Crippen LogP contribution in [0.2, 0.25) is 0 Å². The number of fused-ring (bicyclic) bond motifs is 2. The molecule has 1 aromatic rings. The van der Waals surface area contributed by atoms with Crippen molar-refractivity contribution in [3.63, 3.8) is 0 Å². The van der Waals surface area contributed by atoms with Gasteiger partial charge in [0, 0.05) is 13.2 Å². The Morgan fingerprint density at radius 1 is 1.56 bits per heavy atom. The Kier molecular flexibility index (Phi) is 2.07. The molecule has 1 saturated heterocycles. The first kappa shape index (κ1) is 9.59. The maximum atomic E-state index is 12.0. The molecule has 16 heavy (non-hydrogen) atoms. The number of amides is 1. The number of hydrogen-bond acceptors (Lipinski definition) is 4. The summed E-state index contributed by atoms with van der Waals surface area (Å²) >= 11 is 0. The van der Waals surface area contributed by atoms with Crippen molar-refractivity contribution >= 4 is 17.3 Å². The van der Waals surface area contributed by atoms with Crippen LogP contribution in [0.25, 0.3) is 0 Å². The molecule has 2 atom stereocenters. The van der Waals surface area contributed by atoms with Gasteiger partial charge in [-0.1, -0.05) is 0 Å². The number of carbonyl (C=O) groups is 1. The number of likely N-dealkylation sites (N-methyl/N-ethyl adjacent to an activating group) is 1. The van der Waals surface area contributed by atoms with Gasteiger partial charge in [-0.3, -0.25) is 9.78 Å². The maximum absolute atomic E-state index is 12.0. The van der Waals surface area contributed by atoms with Crippen LogP contribution in [-0.2, 0) is 9.53 Å². The van der Waals surface area contributed by atoms with Crippen LogP contribution in [0, 0.1) is 5.92 Å². The van der Waals surface area contributed by atoms with E-state index in [-0.39, 0.29) is 17.9 Å². The third kappa shape index (κ3) is 1.28. The minimum absolute atomic E-state index is 0.0288. The van der Waals surface area contributed by atoms with Gasteiger partial charge >= 0.3 is 0 Å². The van der Waals surface area contributed by atoms with E-state index in [1.54, 1.807) is 12.4 Å². The standard InChI is InChI=1S/C11H13N3O2/c1-14-9-2-3-12-4-8(9)13-11(15)7-5-16-6-10(7)14/h2-4,7,10H,5-6H2,1H3,(H,13,15). The van der Waals surface area contributed by atoms with Crippen LogP contribution in [0.1, 0.15) is 0 Å². The molecule has 2 aliphatic heterocycles. The zero-order chi connectivity index (χ0) is 11.1. The number of anilines is 2. The molecule has 5 heteroatoms. The van der Waals surface area contributed by atoms with Crippen LogP contribution in [0.3, 0.4) is 0 Å². The van der Waals surface area contributed by atoms with Crippen LogP contribution in [0.4, 0.5) is 11.4 Å². The Bertz CT molecular complexity index is 435. The van der Waals surface area contributed by atoms with Gasteiger partial charge in [0.05, 0.1) is 42.7 Å². The van der Waals surface area contributed by atoms with Crippen molar-refractivity contribution in [2.45, 2.75) is 6.04 Å². The molecule has 3 rings (SSSR count). The lowest BCUT2D eigenvalue weighted by atomic mass is 10.0. The summed E-state index contributed by atoms with van der Waals surface area (Å²) in [7, 11) is 1.99. The first-order valence-corrected chi connectivity index (χ1v) is 5.33. The lowest BCUT2D eigenvalue weighted by Crippen LogP contribution is -2.40. The van der Waals surface area contributed by atoms with Crippen LogP contribution >= 0.6 is 0 Å². The van der Waals surface area contributed by atoms with E-state index in [0.717, 1.165) is 11.4 Å². The van der Waals surface area contributed by atoms with E-state index >= 15 is 0 Å². The number of nitrogens with zero attached hydrogens (tertiary/aromatic N) is 2. The van der Waals surface area contributed by atoms with E-state index < -0.39 is 0 Å². The predicted molar refractivity (Wildman–Crippen MR) is 59.4 cm³/mol. The predicted octanol–water partition coefficient (Wildman–Crippen LogP) is 0.485. The summed E-state index contributed by atoms with van der Waals surface area (Å²) in [6.45, 7) is 1.11. The van der Waals surface area contributed by atoms with E-state index in [1.165, 1.54) is 0 Å². The fraction of sp³-hybridized carbons (Fsp3) is 0.455. The SMILES string of the molecule is CN1c2ccncc2NC(=O)C2COCC21. The molecular formula is C11H13N3O2. The number of carbonyl (C=O) groups excluding carboxylic acids is 1. The Hall–Kier alpha value is -1.62. The maximum Gasteiger partial charge on any atom is 0.232 e. The van der Waals surface area contributed by atoms with Gasteiger partial charge in [-0.25, -0.2) is 0 Å². The second-order valence-electron chi connectivity index (χ2n) is 4.20. The molecule has 1 N–H and O–H groups in total. The fourth-order valence-electron chi connectivity index (χ4n) is 2.37. The molecule has 2 aliphatic rings. The molecule has 5 nitrogen and oxygen atoms in total. The summed E-state index contributed by atoms with van der Waals surface area (Å²) in [4.78, 5) is 18.1. The molecular weight excluding hydrogens is 206 g/mol. The zero-order valence-electron chi connectivity index (χ0n) is 9.01. The summed E-state index contributed by atoms with van der Waals surface area (Å²) in [5.41, 5.74) is 1.78. The molecule has 1 aromatic heterocycles. The number of ether oxygens (including phenoxy) is 1. The Labute approximate surface area is 93.4 Å². The molecule has 2 unspecified atom stereocenters. The highest BCUT2D eigenvalue weighted by molar-refractivity contribution is 5.98. The summed E-state index contributed by atoms with van der Waals surface area (Å²) < 4.78 is 5.38. The van der Waals surface area contributed by atoms with Crippen molar-refractivity contribution < 1.29 is 9.53 Å². The molecule has 3 heterocycles. The average molecular weight is 219 g/mol. The second-order valence-corrected chi connectivity index (χ2v) is 4.20. The Morgan fingerprint density at radius 3 is 3.31 bits per heavy atom. The molecule has 0 radical (unpaired) electrons. The van der Waals surface area contributed by atoms with E-state index in [2.05, 4.69) is 15.2 Å². The molecule has 0 aromatic carbocycles. The van der Waals surface area contributed by atoms with Crippen LogP contribution in [0.5, 0.6) is 0 Å². The highest BCUT2D eigenvalue weighted by atomic mass is 16.5. The number of nitrogens with one attached hydrogen (secondary N) is 1. The lowest BCUT2D eigenvalue weighted by Gasteiger charge is -2.26. The Morgan fingerprint density at radius 2 is 2.44 bits per heavy atom. The van der Waals surface area contributed by atoms with E-state index in [0.29, 0.717) is 13.2 Å². The molecule has 1 fully saturated rings. The zero-order valence-corrected chi connectivity index (χ0v) is 9.01. The van der Waals surface area contributed by atoms with Crippen molar-refractivity contribution in [3.05, 3.63) is 18.5 Å². The van der Waals surface area contributed by atoms with Crippen LogP contribution < -0.4 is 10.2 Å². The summed E-state index contributed by atoms with van der Waals surface area (Å²) in [5.74, 6) is -0.0569. The highest BCUT2D eigenvalue weighted by Crippen LogP contribution is 2.33. The van der Waals surface area contributed by atoms with Gasteiger partial charge in [-0.2, -0.15) is 0 Å². The molecule has 0 saturated carbocycles. The Balaban J connectivity index is 2.08. The number of hydrogen-bond donors (Lipinski definition) is 1. The number of rotatable bonds is 0. The second kappa shape index (κ2) is 3.45. The third-order valence-electron chi connectivity index (χ3n) is 3.32. The van der Waals surface area contributed by atoms with Crippen molar-refractivity contribution in [1.82, 2.24) is 4.98 Å². The first-order valence-electron chi connectivity index (χ1n) is 5.33. The van der Waals surface area contributed by atoms with E-state index in [1.807, 2.05) is 13.1 Å². The molecule has 0 spiro atoms. The van der Waals surface area contributed by atoms with Gasteiger partial charge in [-0.15, -0.1) is 0 Å². The quantitative estimate of drug-likeness (QED) is 0.689. The first-order chi connectivity index (χ1) is 7.77. The van der Waals surface area contributed by atoms with Gasteiger partial charge in [0.2, 0.25) is 5.91 Å². The normalized spacial score (nSPS) is 28.1. The topological polar surface area (TPSA) is 54.5 Å². The van der Waals surface area contributed by atoms with Gasteiger partial charge in [0.1, 0.15) is 0 Å². The summed E-state index contributed by atoms with van der Waals surface area (Å²) in [5, 5.41) is 2.90. The van der Waals surface area contributed by atoms with Crippen molar-refractivity contribution in [3.8, 4) is 0 Å². The third-order valence-corrected chi connectivity index (χ3v) is 3.32. The average Bonchev–Trinajstić information content (AvgIpc) is 2.74. The minimum Gasteiger partial charge on any atom is -0.378 e. The van der Waals surface area contributed by atoms with E-state index in [4.69, 9.17) is 4.74 Å². The highest BCUT2D eigenvalue weighted by Gasteiger charge is 2.39. The summed E-state index contributed by atoms with van der Waals surface area (Å²) in [6, 6.07) is 2.04. The van der Waals surface area contributed by atoms with Crippen LogP contribution in [-0.4, -0.2) is 37.2 Å². The fourth-order valence-corrected chi connectivity index (χ4v) is 2.37. The monoisotopic (exact) mass is 219 g/mol. The van der Waals surface area contributed by atoms with E-state index in [9.17, 15) is 4.79 Å².